The van der Waals surface area contributed by atoms with E-state index in [-0.39, 0.29) is 0 Å². The Kier molecular flexibility index (Phi) is 4.86. The van der Waals surface area contributed by atoms with Gasteiger partial charge in [0.25, 0.3) is 0 Å². The van der Waals surface area contributed by atoms with E-state index in [9.17, 15) is 4.79 Å². The quantitative estimate of drug-likeness (QED) is 0.811. The van der Waals surface area contributed by atoms with Crippen molar-refractivity contribution in [1.29, 1.82) is 0 Å². The maximum absolute atomic E-state index is 11.6. The average Bonchev–Trinajstić information content (AvgIpc) is 2.53. The molecular formula is C12H24N4O2Sn. The van der Waals surface area contributed by atoms with Gasteiger partial charge < -0.3 is 0 Å². The zero-order valence-corrected chi connectivity index (χ0v) is 15.7. The number of aromatic nitrogens is 3. The van der Waals surface area contributed by atoms with Crippen LogP contribution in [0.2, 0.25) is 14.8 Å². The Hall–Kier alpha value is -0.791. The van der Waals surface area contributed by atoms with E-state index in [0.29, 0.717) is 6.54 Å². The molecule has 0 aliphatic carbocycles. The summed E-state index contributed by atoms with van der Waals surface area (Å²) in [7, 11) is 1.85. The van der Waals surface area contributed by atoms with Crippen LogP contribution in [-0.2, 0) is 18.3 Å². The summed E-state index contributed by atoms with van der Waals surface area (Å²) in [5, 5.41) is 7.14. The second-order valence-corrected chi connectivity index (χ2v) is 20.7. The van der Waals surface area contributed by atoms with Crippen LogP contribution in [0, 0.1) is 0 Å². The molecule has 7 heteroatoms. The number of rotatable bonds is 3. The molecule has 0 atom stereocenters. The van der Waals surface area contributed by atoms with Gasteiger partial charge in [-0.1, -0.05) is 0 Å². The minimum absolute atomic E-state index is 0.334. The zero-order chi connectivity index (χ0) is 14.8. The van der Waals surface area contributed by atoms with Gasteiger partial charge in [-0.05, 0) is 0 Å². The molecule has 0 spiro atoms. The van der Waals surface area contributed by atoms with Crippen LogP contribution in [0.15, 0.2) is 0 Å². The fourth-order valence-corrected chi connectivity index (χ4v) is 3.96. The third kappa shape index (κ3) is 5.38. The molecular weight excluding hydrogens is 351 g/mol. The molecule has 0 unspecified atom stereocenters. The molecule has 1 heterocycles. The van der Waals surface area contributed by atoms with Gasteiger partial charge >= 0.3 is 119 Å². The van der Waals surface area contributed by atoms with E-state index >= 15 is 0 Å². The van der Waals surface area contributed by atoms with Gasteiger partial charge in [-0.25, -0.2) is 0 Å². The number of hydrogen-bond donors (Lipinski definition) is 1. The first-order valence-electron chi connectivity index (χ1n) is 6.36. The van der Waals surface area contributed by atoms with E-state index in [1.807, 2.05) is 27.8 Å². The van der Waals surface area contributed by atoms with Gasteiger partial charge in [-0.15, -0.1) is 0 Å². The van der Waals surface area contributed by atoms with Crippen molar-refractivity contribution in [1.82, 2.24) is 20.1 Å². The fourth-order valence-electron chi connectivity index (χ4n) is 1.35. The predicted octanol–water partition coefficient (Wildman–Crippen LogP) is 1.38. The van der Waals surface area contributed by atoms with Crippen molar-refractivity contribution in [2.24, 2.45) is 7.05 Å². The van der Waals surface area contributed by atoms with Crippen molar-refractivity contribution in [2.75, 3.05) is 0 Å². The number of ether oxygens (including phenoxy) is 1. The minimum atomic E-state index is -2.25. The summed E-state index contributed by atoms with van der Waals surface area (Å²) in [6.07, 6.45) is -0.434. The molecule has 0 radical (unpaired) electrons. The molecule has 0 fully saturated rings. The summed E-state index contributed by atoms with van der Waals surface area (Å²) < 4.78 is 7.88. The van der Waals surface area contributed by atoms with Crippen molar-refractivity contribution in [2.45, 2.75) is 47.7 Å². The van der Waals surface area contributed by atoms with Gasteiger partial charge in [0.1, 0.15) is 0 Å². The van der Waals surface area contributed by atoms with E-state index in [4.69, 9.17) is 4.74 Å². The monoisotopic (exact) mass is 376 g/mol. The molecule has 6 nitrogen and oxygen atoms in total. The van der Waals surface area contributed by atoms with E-state index in [1.54, 1.807) is 4.68 Å². The molecule has 1 aromatic heterocycles. The van der Waals surface area contributed by atoms with Gasteiger partial charge in [-0.3, -0.25) is 0 Å². The fraction of sp³-hybridized carbons (Fsp3) is 0.750. The summed E-state index contributed by atoms with van der Waals surface area (Å²) >= 11 is -2.25. The first kappa shape index (κ1) is 16.3. The van der Waals surface area contributed by atoms with Crippen LogP contribution in [0.5, 0.6) is 0 Å². The molecule has 19 heavy (non-hydrogen) atoms. The van der Waals surface area contributed by atoms with Gasteiger partial charge in [-0.2, -0.15) is 0 Å². The number of nitrogens with zero attached hydrogens (tertiary/aromatic N) is 3. The molecule has 1 aromatic rings. The van der Waals surface area contributed by atoms with Gasteiger partial charge in [0.15, 0.2) is 0 Å². The second-order valence-electron chi connectivity index (χ2n) is 6.58. The number of alkyl carbamates (subject to hydrolysis) is 1. The van der Waals surface area contributed by atoms with Crippen molar-refractivity contribution >= 4 is 28.3 Å². The summed E-state index contributed by atoms with van der Waals surface area (Å²) in [5.41, 5.74) is -0.489. The molecule has 1 N–H and O–H groups in total. The Labute approximate surface area is 118 Å². The molecule has 0 saturated carbocycles. The Morgan fingerprint density at radius 2 is 1.95 bits per heavy atom. The van der Waals surface area contributed by atoms with Gasteiger partial charge in [0.05, 0.1) is 0 Å². The van der Waals surface area contributed by atoms with E-state index < -0.39 is 30.1 Å². The molecule has 0 aliphatic heterocycles. The third-order valence-electron chi connectivity index (χ3n) is 2.31. The van der Waals surface area contributed by atoms with Crippen molar-refractivity contribution in [3.05, 3.63) is 5.82 Å². The molecule has 1 amide bonds. The summed E-state index contributed by atoms with van der Waals surface area (Å²) in [4.78, 5) is 22.9. The predicted molar refractivity (Wildman–Crippen MR) is 77.1 cm³/mol. The molecule has 108 valence electrons. The summed E-state index contributed by atoms with van der Waals surface area (Å²) in [6.45, 7) is 5.84. The van der Waals surface area contributed by atoms with Crippen LogP contribution in [0.25, 0.3) is 0 Å². The van der Waals surface area contributed by atoms with Crippen molar-refractivity contribution in [3.63, 3.8) is 0 Å². The average molecular weight is 375 g/mol. The molecule has 1 rings (SSSR count). The Morgan fingerprint density at radius 3 is 2.37 bits per heavy atom. The number of carbonyl (C=O) groups excluding carboxylic acids is 1. The molecule has 0 bridgehead atoms. The van der Waals surface area contributed by atoms with E-state index in [2.05, 4.69) is 30.2 Å². The Balaban J connectivity index is 2.64. The molecule has 0 aliphatic rings. The zero-order valence-electron chi connectivity index (χ0n) is 12.9. The number of nitrogens with one attached hydrogen (secondary N) is 1. The Bertz CT molecular complexity index is 457. The number of amides is 1. The first-order chi connectivity index (χ1) is 8.49. The maximum atomic E-state index is 11.6. The Morgan fingerprint density at radius 1 is 1.37 bits per heavy atom. The van der Waals surface area contributed by atoms with E-state index in [1.165, 1.54) is 0 Å². The van der Waals surface area contributed by atoms with Gasteiger partial charge in [0.2, 0.25) is 0 Å². The first-order valence-corrected chi connectivity index (χ1v) is 16.4. The van der Waals surface area contributed by atoms with Crippen LogP contribution < -0.4 is 9.16 Å². The number of aryl methyl sites for hydroxylation is 1. The summed E-state index contributed by atoms with van der Waals surface area (Å²) in [6, 6.07) is 0. The summed E-state index contributed by atoms with van der Waals surface area (Å²) in [5.74, 6) is 0.757. The van der Waals surface area contributed by atoms with Crippen LogP contribution in [0.4, 0.5) is 4.79 Å². The van der Waals surface area contributed by atoms with E-state index in [0.717, 1.165) is 9.66 Å². The van der Waals surface area contributed by atoms with Crippen molar-refractivity contribution in [3.8, 4) is 0 Å². The molecule has 0 aromatic carbocycles. The van der Waals surface area contributed by atoms with Crippen LogP contribution in [0.1, 0.15) is 26.6 Å². The number of carbonyl (C=O) groups is 1. The molecule has 0 saturated heterocycles. The van der Waals surface area contributed by atoms with Crippen LogP contribution in [-0.4, -0.2) is 44.8 Å². The van der Waals surface area contributed by atoms with Gasteiger partial charge in [0, 0.05) is 0 Å². The van der Waals surface area contributed by atoms with Crippen LogP contribution >= 0.6 is 0 Å². The second kappa shape index (κ2) is 5.68. The third-order valence-corrected chi connectivity index (χ3v) is 6.75. The standard InChI is InChI=1S/C9H15N4O2.3CH3.Sn/c1-9(2,3)15-8(14)10-5-7-11-6-12-13(7)4;;;;/h5H2,1-4H3,(H,10,14);3*1H3;. The topological polar surface area (TPSA) is 69.0 Å². The van der Waals surface area contributed by atoms with Crippen LogP contribution in [0.3, 0.4) is 0 Å². The normalized spacial score (nSPS) is 12.4. The SMILES string of the molecule is Cn1n[c]([Sn]([CH3])([CH3])[CH3])nc1CNC(=O)OC(C)(C)C. The number of hydrogen-bond acceptors (Lipinski definition) is 4. The van der Waals surface area contributed by atoms with Crippen molar-refractivity contribution < 1.29 is 9.53 Å².